The van der Waals surface area contributed by atoms with E-state index in [-0.39, 0.29) is 17.3 Å². The molecule has 0 saturated heterocycles. The Hall–Kier alpha value is -3.20. The molecule has 0 fully saturated rings. The molecule has 3 rings (SSSR count). The van der Waals surface area contributed by atoms with Crippen molar-refractivity contribution >= 4 is 16.1 Å². The van der Waals surface area contributed by atoms with E-state index < -0.39 is 16.1 Å². The molecule has 0 bridgehead atoms. The van der Waals surface area contributed by atoms with Gasteiger partial charge in [0.25, 0.3) is 10.0 Å². The lowest BCUT2D eigenvalue weighted by molar-refractivity contribution is 0.243. The molecule has 0 saturated carbocycles. The summed E-state index contributed by atoms with van der Waals surface area (Å²) in [4.78, 5) is 16.1. The Kier molecular flexibility index (Phi) is 5.22. The fourth-order valence-electron chi connectivity index (χ4n) is 2.24. The van der Waals surface area contributed by atoms with Crippen LogP contribution in [0.15, 0.2) is 57.9 Å². The summed E-state index contributed by atoms with van der Waals surface area (Å²) in [7, 11) is -3.95. The Bertz CT molecular complexity index is 1040. The molecular formula is C18H18N4O4S. The number of carbonyl (C=O) groups is 1. The van der Waals surface area contributed by atoms with Gasteiger partial charge in [-0.3, -0.25) is 0 Å². The van der Waals surface area contributed by atoms with Crippen LogP contribution < -0.4 is 10.0 Å². The summed E-state index contributed by atoms with van der Waals surface area (Å²) in [6.45, 7) is 3.71. The lowest BCUT2D eigenvalue weighted by Gasteiger charge is -2.07. The standard InChI is InChI=1S/C18H18N4O4S/c1-12-3-7-14(8-4-12)17-20-16(26-21-17)11-19-18(23)22-27(24,25)15-9-5-13(2)6-10-15/h3-10H,11H2,1-2H3,(H2,19,22,23). The van der Waals surface area contributed by atoms with E-state index >= 15 is 0 Å². The number of aryl methyl sites for hydroxylation is 2. The maximum atomic E-state index is 12.2. The first-order valence-corrected chi connectivity index (χ1v) is 9.59. The molecule has 140 valence electrons. The molecule has 2 amide bonds. The van der Waals surface area contributed by atoms with E-state index in [1.807, 2.05) is 42.8 Å². The normalized spacial score (nSPS) is 11.2. The van der Waals surface area contributed by atoms with E-state index in [4.69, 9.17) is 4.52 Å². The molecule has 2 aromatic carbocycles. The first kappa shape index (κ1) is 18.6. The monoisotopic (exact) mass is 386 g/mol. The third-order valence-corrected chi connectivity index (χ3v) is 5.08. The van der Waals surface area contributed by atoms with Crippen LogP contribution in [0.3, 0.4) is 0 Å². The predicted molar refractivity (Wildman–Crippen MR) is 98.2 cm³/mol. The van der Waals surface area contributed by atoms with Gasteiger partial charge in [-0.15, -0.1) is 0 Å². The molecule has 0 spiro atoms. The first-order chi connectivity index (χ1) is 12.8. The quantitative estimate of drug-likeness (QED) is 0.696. The summed E-state index contributed by atoms with van der Waals surface area (Å²) in [6.07, 6.45) is 0. The fourth-order valence-corrected chi connectivity index (χ4v) is 3.17. The van der Waals surface area contributed by atoms with Gasteiger partial charge in [-0.2, -0.15) is 4.98 Å². The molecule has 0 unspecified atom stereocenters. The van der Waals surface area contributed by atoms with E-state index in [1.54, 1.807) is 12.1 Å². The molecule has 3 aromatic rings. The number of hydrogen-bond acceptors (Lipinski definition) is 6. The zero-order valence-corrected chi connectivity index (χ0v) is 15.6. The van der Waals surface area contributed by atoms with Gasteiger partial charge in [0, 0.05) is 5.56 Å². The summed E-state index contributed by atoms with van der Waals surface area (Å²) < 4.78 is 31.3. The number of nitrogens with zero attached hydrogens (tertiary/aromatic N) is 2. The van der Waals surface area contributed by atoms with Crippen molar-refractivity contribution in [2.45, 2.75) is 25.3 Å². The molecule has 0 aliphatic heterocycles. The number of amides is 2. The van der Waals surface area contributed by atoms with Crippen LogP contribution in [-0.2, 0) is 16.6 Å². The summed E-state index contributed by atoms with van der Waals surface area (Å²) in [6, 6.07) is 12.8. The van der Waals surface area contributed by atoms with E-state index in [0.717, 1.165) is 16.7 Å². The number of carbonyl (C=O) groups excluding carboxylic acids is 1. The van der Waals surface area contributed by atoms with Crippen molar-refractivity contribution in [2.75, 3.05) is 0 Å². The Balaban J connectivity index is 1.59. The minimum atomic E-state index is -3.95. The highest BCUT2D eigenvalue weighted by Gasteiger charge is 2.18. The number of nitrogens with one attached hydrogen (secondary N) is 2. The minimum absolute atomic E-state index is 0.00250. The minimum Gasteiger partial charge on any atom is -0.337 e. The van der Waals surface area contributed by atoms with E-state index in [2.05, 4.69) is 15.5 Å². The van der Waals surface area contributed by atoms with Crippen molar-refractivity contribution < 1.29 is 17.7 Å². The molecule has 0 radical (unpaired) electrons. The molecule has 1 heterocycles. The Morgan fingerprint density at radius 3 is 2.22 bits per heavy atom. The number of sulfonamides is 1. The maximum absolute atomic E-state index is 12.2. The maximum Gasteiger partial charge on any atom is 0.329 e. The van der Waals surface area contributed by atoms with E-state index in [0.29, 0.717) is 5.82 Å². The second kappa shape index (κ2) is 7.58. The molecular weight excluding hydrogens is 368 g/mol. The van der Waals surface area contributed by atoms with Crippen molar-refractivity contribution in [3.05, 3.63) is 65.5 Å². The summed E-state index contributed by atoms with van der Waals surface area (Å²) in [5.41, 5.74) is 2.80. The van der Waals surface area contributed by atoms with E-state index in [9.17, 15) is 13.2 Å². The van der Waals surface area contributed by atoms with Gasteiger partial charge in [-0.1, -0.05) is 52.7 Å². The van der Waals surface area contributed by atoms with Gasteiger partial charge in [0.2, 0.25) is 11.7 Å². The van der Waals surface area contributed by atoms with Gasteiger partial charge in [0.05, 0.1) is 11.4 Å². The lowest BCUT2D eigenvalue weighted by Crippen LogP contribution is -2.39. The lowest BCUT2D eigenvalue weighted by atomic mass is 10.1. The summed E-state index contributed by atoms with van der Waals surface area (Å²) in [5, 5.41) is 6.23. The highest BCUT2D eigenvalue weighted by atomic mass is 32.2. The highest BCUT2D eigenvalue weighted by molar-refractivity contribution is 7.90. The Morgan fingerprint density at radius 1 is 1.00 bits per heavy atom. The smallest absolute Gasteiger partial charge is 0.329 e. The van der Waals surface area contributed by atoms with Crippen LogP contribution in [0, 0.1) is 13.8 Å². The zero-order valence-electron chi connectivity index (χ0n) is 14.8. The second-order valence-electron chi connectivity index (χ2n) is 5.98. The fraction of sp³-hybridized carbons (Fsp3) is 0.167. The number of rotatable bonds is 5. The van der Waals surface area contributed by atoms with Gasteiger partial charge in [0.15, 0.2) is 0 Å². The van der Waals surface area contributed by atoms with Crippen molar-refractivity contribution in [2.24, 2.45) is 0 Å². The molecule has 8 nitrogen and oxygen atoms in total. The van der Waals surface area contributed by atoms with Crippen LogP contribution in [0.1, 0.15) is 17.0 Å². The third-order valence-electron chi connectivity index (χ3n) is 3.74. The van der Waals surface area contributed by atoms with Gasteiger partial charge in [0.1, 0.15) is 0 Å². The molecule has 1 aromatic heterocycles. The highest BCUT2D eigenvalue weighted by Crippen LogP contribution is 2.16. The predicted octanol–water partition coefficient (Wildman–Crippen LogP) is 2.54. The van der Waals surface area contributed by atoms with Crippen molar-refractivity contribution in [3.8, 4) is 11.4 Å². The van der Waals surface area contributed by atoms with Crippen LogP contribution in [0.25, 0.3) is 11.4 Å². The SMILES string of the molecule is Cc1ccc(-c2noc(CNC(=O)NS(=O)(=O)c3ccc(C)cc3)n2)cc1. The van der Waals surface area contributed by atoms with Gasteiger partial charge in [-0.05, 0) is 26.0 Å². The topological polar surface area (TPSA) is 114 Å². The van der Waals surface area contributed by atoms with Crippen LogP contribution >= 0.6 is 0 Å². The molecule has 0 aliphatic rings. The number of benzene rings is 2. The van der Waals surface area contributed by atoms with Crippen LogP contribution in [0.5, 0.6) is 0 Å². The van der Waals surface area contributed by atoms with Gasteiger partial charge in [-0.25, -0.2) is 17.9 Å². The average molecular weight is 386 g/mol. The average Bonchev–Trinajstić information content (AvgIpc) is 3.10. The molecule has 9 heteroatoms. The molecule has 0 atom stereocenters. The van der Waals surface area contributed by atoms with Crippen LogP contribution in [-0.4, -0.2) is 24.6 Å². The van der Waals surface area contributed by atoms with E-state index in [1.165, 1.54) is 12.1 Å². The Morgan fingerprint density at radius 2 is 1.59 bits per heavy atom. The largest absolute Gasteiger partial charge is 0.337 e. The van der Waals surface area contributed by atoms with Crippen LogP contribution in [0.4, 0.5) is 4.79 Å². The van der Waals surface area contributed by atoms with Crippen molar-refractivity contribution in [3.63, 3.8) is 0 Å². The summed E-state index contributed by atoms with van der Waals surface area (Å²) >= 11 is 0. The van der Waals surface area contributed by atoms with Crippen molar-refractivity contribution in [1.29, 1.82) is 0 Å². The van der Waals surface area contributed by atoms with Crippen LogP contribution in [0.2, 0.25) is 0 Å². The van der Waals surface area contributed by atoms with Gasteiger partial charge >= 0.3 is 6.03 Å². The zero-order chi connectivity index (χ0) is 19.4. The van der Waals surface area contributed by atoms with Gasteiger partial charge < -0.3 is 9.84 Å². The number of aromatic nitrogens is 2. The molecule has 2 N–H and O–H groups in total. The second-order valence-corrected chi connectivity index (χ2v) is 7.66. The van der Waals surface area contributed by atoms with Crippen molar-refractivity contribution in [1.82, 2.24) is 20.2 Å². The number of urea groups is 1. The molecule has 0 aliphatic carbocycles. The Labute approximate surface area is 156 Å². The number of hydrogen-bond donors (Lipinski definition) is 2. The molecule has 27 heavy (non-hydrogen) atoms. The third kappa shape index (κ3) is 4.70. The summed E-state index contributed by atoms with van der Waals surface area (Å²) in [5.74, 6) is 0.549. The first-order valence-electron chi connectivity index (χ1n) is 8.10.